The molecule has 1 rings (SSSR count). The van der Waals surface area contributed by atoms with Gasteiger partial charge in [-0.1, -0.05) is 101 Å². The second-order valence-electron chi connectivity index (χ2n) is 7.25. The lowest BCUT2D eigenvalue weighted by Crippen LogP contribution is -2.49. The number of hydrogen-bond donors (Lipinski definition) is 2. The summed E-state index contributed by atoms with van der Waals surface area (Å²) < 4.78 is 31.5. The van der Waals surface area contributed by atoms with Crippen molar-refractivity contribution in [3.05, 3.63) is 35.9 Å². The van der Waals surface area contributed by atoms with Gasteiger partial charge >= 0.3 is 0 Å². The Hall–Kier alpha value is -1.24. The number of hydrogen-bond acceptors (Lipinski definition) is 4. The molecular weight excluding hydrogens is 364 g/mol. The number of ketones is 1. The van der Waals surface area contributed by atoms with Crippen LogP contribution < -0.4 is 0 Å². The molecule has 0 saturated heterocycles. The zero-order chi connectivity index (χ0) is 20.2. The lowest BCUT2D eigenvalue weighted by Gasteiger charge is -2.27. The van der Waals surface area contributed by atoms with Gasteiger partial charge in [0.25, 0.3) is 10.1 Å². The van der Waals surface area contributed by atoms with Crippen LogP contribution in [0, 0.1) is 0 Å². The van der Waals surface area contributed by atoms with E-state index in [2.05, 4.69) is 6.92 Å². The molecular formula is C21H34O5S. The first-order chi connectivity index (χ1) is 12.9. The summed E-state index contributed by atoms with van der Waals surface area (Å²) in [6.07, 6.45) is 10.7. The van der Waals surface area contributed by atoms with E-state index in [1.807, 2.05) is 0 Å². The predicted octanol–water partition coefficient (Wildman–Crippen LogP) is 4.80. The van der Waals surface area contributed by atoms with E-state index in [9.17, 15) is 22.9 Å². The third kappa shape index (κ3) is 7.35. The summed E-state index contributed by atoms with van der Waals surface area (Å²) in [7, 11) is -4.73. The van der Waals surface area contributed by atoms with Gasteiger partial charge in [0.1, 0.15) is 0 Å². The van der Waals surface area contributed by atoms with Gasteiger partial charge in [-0.3, -0.25) is 9.35 Å². The van der Waals surface area contributed by atoms with Crippen LogP contribution in [0.25, 0.3) is 0 Å². The van der Waals surface area contributed by atoms with Gasteiger partial charge in [0, 0.05) is 5.56 Å². The Morgan fingerprint density at radius 2 is 1.37 bits per heavy atom. The summed E-state index contributed by atoms with van der Waals surface area (Å²) in [5.41, 5.74) is 0.177. The molecule has 1 atom stereocenters. The van der Waals surface area contributed by atoms with E-state index >= 15 is 0 Å². The number of carbonyl (C=O) groups is 1. The summed E-state index contributed by atoms with van der Waals surface area (Å²) in [6, 6.07) is 7.96. The van der Waals surface area contributed by atoms with E-state index in [0.29, 0.717) is 6.42 Å². The van der Waals surface area contributed by atoms with Gasteiger partial charge in [-0.05, 0) is 6.42 Å². The Labute approximate surface area is 163 Å². The molecule has 0 saturated carbocycles. The summed E-state index contributed by atoms with van der Waals surface area (Å²) in [5.74, 6) is -0.746. The molecule has 27 heavy (non-hydrogen) atoms. The number of benzene rings is 1. The minimum absolute atomic E-state index is 0.0768. The highest BCUT2D eigenvalue weighted by Crippen LogP contribution is 2.29. The molecule has 1 aromatic rings. The van der Waals surface area contributed by atoms with Gasteiger partial charge < -0.3 is 5.11 Å². The highest BCUT2D eigenvalue weighted by Gasteiger charge is 2.49. The lowest BCUT2D eigenvalue weighted by molar-refractivity contribution is 0.0869. The maximum atomic E-state index is 12.7. The molecule has 6 heteroatoms. The van der Waals surface area contributed by atoms with Crippen molar-refractivity contribution < 1.29 is 22.9 Å². The monoisotopic (exact) mass is 398 g/mol. The van der Waals surface area contributed by atoms with E-state index < -0.39 is 27.3 Å². The maximum Gasteiger partial charge on any atom is 0.280 e. The SMILES string of the molecule is CCCCCCCCCCCCC(CO)(C(=O)c1ccccc1)S(=O)(=O)O. The Morgan fingerprint density at radius 3 is 1.81 bits per heavy atom. The van der Waals surface area contributed by atoms with Crippen LogP contribution in [0.1, 0.15) is 87.9 Å². The number of Topliss-reactive ketones (excluding diaryl/α,β-unsaturated/α-hetero) is 1. The fourth-order valence-corrected chi connectivity index (χ4v) is 4.26. The summed E-state index contributed by atoms with van der Waals surface area (Å²) in [5, 5.41) is 9.73. The van der Waals surface area contributed by atoms with Crippen LogP contribution in [-0.4, -0.2) is 35.2 Å². The van der Waals surface area contributed by atoms with Gasteiger partial charge in [0.15, 0.2) is 10.5 Å². The van der Waals surface area contributed by atoms with E-state index in [-0.39, 0.29) is 12.0 Å². The Balaban J connectivity index is 2.54. The quantitative estimate of drug-likeness (QED) is 0.251. The second kappa shape index (κ2) is 12.3. The molecule has 2 N–H and O–H groups in total. The second-order valence-corrected chi connectivity index (χ2v) is 8.99. The van der Waals surface area contributed by atoms with Gasteiger partial charge in [0.2, 0.25) is 0 Å². The molecule has 0 aliphatic rings. The Morgan fingerprint density at radius 1 is 0.889 bits per heavy atom. The highest BCUT2D eigenvalue weighted by molar-refractivity contribution is 7.88. The van der Waals surface area contributed by atoms with Crippen LogP contribution in [0.4, 0.5) is 0 Å². The molecule has 0 radical (unpaired) electrons. The smallest absolute Gasteiger partial charge is 0.280 e. The molecule has 0 spiro atoms. The van der Waals surface area contributed by atoms with Gasteiger partial charge in [-0.2, -0.15) is 8.42 Å². The maximum absolute atomic E-state index is 12.7. The Kier molecular flexibility index (Phi) is 10.8. The van der Waals surface area contributed by atoms with Crippen molar-refractivity contribution in [2.24, 2.45) is 0 Å². The molecule has 0 heterocycles. The van der Waals surface area contributed by atoms with Crippen LogP contribution >= 0.6 is 0 Å². The molecule has 0 aliphatic heterocycles. The average Bonchev–Trinajstić information content (AvgIpc) is 2.65. The predicted molar refractivity (Wildman–Crippen MR) is 109 cm³/mol. The fraction of sp³-hybridized carbons (Fsp3) is 0.667. The number of aliphatic hydroxyl groups excluding tert-OH is 1. The van der Waals surface area contributed by atoms with Crippen molar-refractivity contribution in [1.82, 2.24) is 0 Å². The van der Waals surface area contributed by atoms with Crippen molar-refractivity contribution >= 4 is 15.9 Å². The van der Waals surface area contributed by atoms with E-state index in [0.717, 1.165) is 25.7 Å². The molecule has 0 aliphatic carbocycles. The minimum atomic E-state index is -4.73. The van der Waals surface area contributed by atoms with Crippen molar-refractivity contribution in [3.63, 3.8) is 0 Å². The van der Waals surface area contributed by atoms with Crippen molar-refractivity contribution in [2.75, 3.05) is 6.61 Å². The number of aliphatic hydroxyl groups is 1. The van der Waals surface area contributed by atoms with Crippen LogP contribution in [0.5, 0.6) is 0 Å². The largest absolute Gasteiger partial charge is 0.394 e. The van der Waals surface area contributed by atoms with Gasteiger partial charge in [-0.25, -0.2) is 0 Å². The molecule has 154 valence electrons. The number of rotatable bonds is 15. The van der Waals surface area contributed by atoms with Crippen LogP contribution in [0.3, 0.4) is 0 Å². The molecule has 0 fully saturated rings. The van der Waals surface area contributed by atoms with Crippen LogP contribution in [-0.2, 0) is 10.1 Å². The minimum Gasteiger partial charge on any atom is -0.394 e. The topological polar surface area (TPSA) is 91.7 Å². The summed E-state index contributed by atoms with van der Waals surface area (Å²) in [4.78, 5) is 12.7. The highest BCUT2D eigenvalue weighted by atomic mass is 32.2. The average molecular weight is 399 g/mol. The molecule has 5 nitrogen and oxygen atoms in total. The first kappa shape index (κ1) is 23.8. The van der Waals surface area contributed by atoms with Gasteiger partial charge in [0.05, 0.1) is 6.61 Å². The van der Waals surface area contributed by atoms with Gasteiger partial charge in [-0.15, -0.1) is 0 Å². The number of carbonyl (C=O) groups excluding carboxylic acids is 1. The lowest BCUT2D eigenvalue weighted by atomic mass is 9.91. The number of unbranched alkanes of at least 4 members (excludes halogenated alkanes) is 9. The van der Waals surface area contributed by atoms with Crippen molar-refractivity contribution in [2.45, 2.75) is 82.3 Å². The zero-order valence-corrected chi connectivity index (χ0v) is 17.2. The first-order valence-corrected chi connectivity index (χ1v) is 11.5. The van der Waals surface area contributed by atoms with E-state index in [1.54, 1.807) is 18.2 Å². The van der Waals surface area contributed by atoms with Crippen LogP contribution in [0.2, 0.25) is 0 Å². The normalized spacial score (nSPS) is 14.0. The standard InChI is InChI=1S/C21H34O5S/c1-2-3-4-5-6-7-8-9-10-14-17-21(18-22,27(24,25)26)20(23)19-15-12-11-13-16-19/h11-13,15-16,22H,2-10,14,17-18H2,1H3,(H,24,25,26). The zero-order valence-electron chi connectivity index (χ0n) is 16.4. The molecule has 0 amide bonds. The molecule has 1 unspecified atom stereocenters. The van der Waals surface area contributed by atoms with Crippen molar-refractivity contribution in [1.29, 1.82) is 0 Å². The third-order valence-electron chi connectivity index (χ3n) is 5.13. The van der Waals surface area contributed by atoms with E-state index in [1.165, 1.54) is 44.2 Å². The summed E-state index contributed by atoms with van der Waals surface area (Å²) in [6.45, 7) is 1.28. The van der Waals surface area contributed by atoms with Crippen LogP contribution in [0.15, 0.2) is 30.3 Å². The fourth-order valence-electron chi connectivity index (χ4n) is 3.34. The molecule has 0 aromatic heterocycles. The Bertz CT molecular complexity index is 642. The third-order valence-corrected chi connectivity index (χ3v) is 6.64. The van der Waals surface area contributed by atoms with Crippen molar-refractivity contribution in [3.8, 4) is 0 Å². The molecule has 1 aromatic carbocycles. The summed E-state index contributed by atoms with van der Waals surface area (Å²) >= 11 is 0. The van der Waals surface area contributed by atoms with E-state index in [4.69, 9.17) is 0 Å². The molecule has 0 bridgehead atoms. The first-order valence-electron chi connectivity index (χ1n) is 10.1.